The van der Waals surface area contributed by atoms with E-state index in [0.29, 0.717) is 5.56 Å². The zero-order chi connectivity index (χ0) is 11.8. The minimum absolute atomic E-state index is 0.181. The van der Waals surface area contributed by atoms with Crippen LogP contribution in [-0.4, -0.2) is 5.78 Å². The number of rotatable bonds is 2. The third-order valence-corrected chi connectivity index (χ3v) is 2.72. The topological polar surface area (TPSA) is 17.1 Å². The highest BCUT2D eigenvalue weighted by molar-refractivity contribution is 6.02. The number of allylic oxidation sites excluding steroid dienone is 1. The van der Waals surface area contributed by atoms with E-state index in [2.05, 4.69) is 0 Å². The Bertz CT molecular complexity index is 461. The fourth-order valence-corrected chi connectivity index (χ4v) is 1.88. The number of carbonyl (C=O) groups excluding carboxylic acids is 1. The summed E-state index contributed by atoms with van der Waals surface area (Å²) >= 11 is 0. The van der Waals surface area contributed by atoms with Gasteiger partial charge in [0.25, 0.3) is 0 Å². The Morgan fingerprint density at radius 1 is 1.25 bits per heavy atom. The number of halogens is 2. The molecule has 0 heterocycles. The van der Waals surface area contributed by atoms with Gasteiger partial charge < -0.3 is 0 Å². The Kier molecular flexibility index (Phi) is 2.62. The number of ketones is 1. The van der Waals surface area contributed by atoms with Crippen LogP contribution in [0.4, 0.5) is 8.78 Å². The summed E-state index contributed by atoms with van der Waals surface area (Å²) in [5, 5.41) is 0. The molecule has 1 aromatic rings. The molecule has 1 aliphatic carbocycles. The Hall–Kier alpha value is -1.51. The maximum absolute atomic E-state index is 13.5. The predicted molar refractivity (Wildman–Crippen MR) is 58.4 cm³/mol. The number of fused-ring (bicyclic) bond motifs is 1. The molecule has 3 heteroatoms. The first-order valence-corrected chi connectivity index (χ1v) is 5.29. The molecule has 1 aromatic carbocycles. The number of alkyl halides is 2. The molecular weight excluding hydrogens is 210 g/mol. The van der Waals surface area contributed by atoms with Gasteiger partial charge in [0, 0.05) is 5.56 Å². The Labute approximate surface area is 92.8 Å². The van der Waals surface area contributed by atoms with E-state index in [0.717, 1.165) is 24.5 Å². The molecule has 1 aliphatic rings. The lowest BCUT2D eigenvalue weighted by Gasteiger charge is -2.20. The lowest BCUT2D eigenvalue weighted by atomic mass is 9.91. The molecule has 16 heavy (non-hydrogen) atoms. The summed E-state index contributed by atoms with van der Waals surface area (Å²) in [6, 6.07) is 4.76. The van der Waals surface area contributed by atoms with Crippen molar-refractivity contribution in [3.05, 3.63) is 41.0 Å². The average Bonchev–Trinajstić information content (AvgIpc) is 2.24. The highest BCUT2D eigenvalue weighted by Gasteiger charge is 2.42. The van der Waals surface area contributed by atoms with Crippen LogP contribution in [0.25, 0.3) is 6.08 Å². The summed E-state index contributed by atoms with van der Waals surface area (Å²) in [6.45, 7) is 2.04. The molecule has 0 unspecified atom stereocenters. The van der Waals surface area contributed by atoms with Gasteiger partial charge >= 0.3 is 5.92 Å². The summed E-state index contributed by atoms with van der Waals surface area (Å²) in [4.78, 5) is 11.1. The SMILES string of the molecule is CCCc1ccc2c(c1)C=CC(=O)C2(F)F. The molecule has 0 aromatic heterocycles. The zero-order valence-electron chi connectivity index (χ0n) is 8.97. The van der Waals surface area contributed by atoms with Crippen molar-refractivity contribution in [3.63, 3.8) is 0 Å². The third-order valence-electron chi connectivity index (χ3n) is 2.72. The molecule has 0 bridgehead atoms. The molecule has 0 aliphatic heterocycles. The average molecular weight is 222 g/mol. The first kappa shape index (κ1) is 11.0. The maximum Gasteiger partial charge on any atom is 0.334 e. The first-order valence-electron chi connectivity index (χ1n) is 5.29. The minimum Gasteiger partial charge on any atom is -0.288 e. The van der Waals surface area contributed by atoms with E-state index in [1.54, 1.807) is 12.1 Å². The smallest absolute Gasteiger partial charge is 0.288 e. The van der Waals surface area contributed by atoms with E-state index in [9.17, 15) is 13.6 Å². The van der Waals surface area contributed by atoms with E-state index in [4.69, 9.17) is 0 Å². The fraction of sp³-hybridized carbons (Fsp3) is 0.308. The quantitative estimate of drug-likeness (QED) is 0.750. The maximum atomic E-state index is 13.5. The van der Waals surface area contributed by atoms with Gasteiger partial charge in [-0.2, -0.15) is 8.78 Å². The Morgan fingerprint density at radius 3 is 2.69 bits per heavy atom. The molecule has 2 rings (SSSR count). The second-order valence-corrected chi connectivity index (χ2v) is 3.94. The van der Waals surface area contributed by atoms with Gasteiger partial charge in [-0.15, -0.1) is 0 Å². The van der Waals surface area contributed by atoms with E-state index < -0.39 is 11.7 Å². The summed E-state index contributed by atoms with van der Waals surface area (Å²) in [5.74, 6) is -4.50. The van der Waals surface area contributed by atoms with E-state index in [1.807, 2.05) is 6.92 Å². The van der Waals surface area contributed by atoms with Gasteiger partial charge in [-0.05, 0) is 23.6 Å². The van der Waals surface area contributed by atoms with Crippen molar-refractivity contribution in [3.8, 4) is 0 Å². The standard InChI is InChI=1S/C13H12F2O/c1-2-3-9-4-6-11-10(8-9)5-7-12(16)13(11,14)15/h4-8H,2-3H2,1H3. The zero-order valence-corrected chi connectivity index (χ0v) is 8.97. The van der Waals surface area contributed by atoms with E-state index in [1.165, 1.54) is 12.1 Å². The molecular formula is C13H12F2O. The van der Waals surface area contributed by atoms with Crippen LogP contribution in [0.2, 0.25) is 0 Å². The number of aryl methyl sites for hydroxylation is 1. The summed E-state index contributed by atoms with van der Waals surface area (Å²) in [5.41, 5.74) is 1.30. The van der Waals surface area contributed by atoms with Gasteiger partial charge in [-0.1, -0.05) is 37.6 Å². The lowest BCUT2D eigenvalue weighted by Crippen LogP contribution is -2.27. The van der Waals surface area contributed by atoms with Gasteiger partial charge in [0.15, 0.2) is 0 Å². The van der Waals surface area contributed by atoms with Crippen LogP contribution >= 0.6 is 0 Å². The lowest BCUT2D eigenvalue weighted by molar-refractivity contribution is -0.139. The second-order valence-electron chi connectivity index (χ2n) is 3.94. The van der Waals surface area contributed by atoms with Crippen LogP contribution in [0.3, 0.4) is 0 Å². The van der Waals surface area contributed by atoms with Crippen molar-refractivity contribution in [2.24, 2.45) is 0 Å². The normalized spacial score (nSPS) is 17.3. The minimum atomic E-state index is -3.37. The Balaban J connectivity index is 2.49. The van der Waals surface area contributed by atoms with Crippen molar-refractivity contribution in [2.45, 2.75) is 25.7 Å². The molecule has 1 nitrogen and oxygen atoms in total. The monoisotopic (exact) mass is 222 g/mol. The molecule has 0 saturated heterocycles. The number of carbonyl (C=O) groups is 1. The van der Waals surface area contributed by atoms with Crippen LogP contribution in [0, 0.1) is 0 Å². The van der Waals surface area contributed by atoms with Crippen LogP contribution < -0.4 is 0 Å². The van der Waals surface area contributed by atoms with Crippen molar-refractivity contribution >= 4 is 11.9 Å². The van der Waals surface area contributed by atoms with Crippen molar-refractivity contribution in [1.29, 1.82) is 0 Å². The molecule has 0 fully saturated rings. The predicted octanol–water partition coefficient (Wildman–Crippen LogP) is 3.33. The second kappa shape index (κ2) is 3.81. The first-order chi connectivity index (χ1) is 7.55. The molecule has 0 amide bonds. The number of hydrogen-bond donors (Lipinski definition) is 0. The van der Waals surface area contributed by atoms with Crippen LogP contribution in [-0.2, 0) is 17.1 Å². The van der Waals surface area contributed by atoms with Gasteiger partial charge in [-0.3, -0.25) is 4.79 Å². The van der Waals surface area contributed by atoms with Crippen LogP contribution in [0.15, 0.2) is 24.3 Å². The number of hydrogen-bond acceptors (Lipinski definition) is 1. The number of benzene rings is 1. The molecule has 0 saturated carbocycles. The summed E-state index contributed by atoms with van der Waals surface area (Å²) in [6.07, 6.45) is 4.25. The molecule has 0 atom stereocenters. The third kappa shape index (κ3) is 1.66. The summed E-state index contributed by atoms with van der Waals surface area (Å²) in [7, 11) is 0. The van der Waals surface area contributed by atoms with Crippen LogP contribution in [0.1, 0.15) is 30.0 Å². The molecule has 0 N–H and O–H groups in total. The van der Waals surface area contributed by atoms with Crippen LogP contribution in [0.5, 0.6) is 0 Å². The van der Waals surface area contributed by atoms with E-state index >= 15 is 0 Å². The highest BCUT2D eigenvalue weighted by Crippen LogP contribution is 2.36. The van der Waals surface area contributed by atoms with Crippen molar-refractivity contribution < 1.29 is 13.6 Å². The van der Waals surface area contributed by atoms with Gasteiger partial charge in [-0.25, -0.2) is 0 Å². The van der Waals surface area contributed by atoms with Gasteiger partial charge in [0.1, 0.15) is 0 Å². The molecule has 84 valence electrons. The van der Waals surface area contributed by atoms with Crippen molar-refractivity contribution in [1.82, 2.24) is 0 Å². The highest BCUT2D eigenvalue weighted by atomic mass is 19.3. The fourth-order valence-electron chi connectivity index (χ4n) is 1.88. The largest absolute Gasteiger partial charge is 0.334 e. The van der Waals surface area contributed by atoms with Gasteiger partial charge in [0.05, 0.1) is 0 Å². The molecule has 0 spiro atoms. The van der Waals surface area contributed by atoms with E-state index in [-0.39, 0.29) is 5.56 Å². The van der Waals surface area contributed by atoms with Crippen molar-refractivity contribution in [2.75, 3.05) is 0 Å². The molecule has 0 radical (unpaired) electrons. The Morgan fingerprint density at radius 2 is 2.00 bits per heavy atom. The van der Waals surface area contributed by atoms with Gasteiger partial charge in [0.2, 0.25) is 5.78 Å². The summed E-state index contributed by atoms with van der Waals surface area (Å²) < 4.78 is 27.0.